The molecular weight excluding hydrogens is 122 g/mol. The summed E-state index contributed by atoms with van der Waals surface area (Å²) in [6.45, 7) is 1.38. The van der Waals surface area contributed by atoms with E-state index in [2.05, 4.69) is 0 Å². The Morgan fingerprint density at radius 3 is 2.00 bits per heavy atom. The topological polar surface area (TPSA) is 60.4 Å². The number of hydrogen-bond acceptors (Lipinski definition) is 2. The summed E-state index contributed by atoms with van der Waals surface area (Å²) >= 11 is 0. The molecular formula is C5H11NO3. The van der Waals surface area contributed by atoms with Crippen molar-refractivity contribution in [1.82, 2.24) is 0 Å². The van der Waals surface area contributed by atoms with E-state index in [1.54, 1.807) is 0 Å². The molecule has 0 fully saturated rings. The normalized spacial score (nSPS) is 15.1. The van der Waals surface area contributed by atoms with Crippen LogP contribution in [0.5, 0.6) is 0 Å². The van der Waals surface area contributed by atoms with E-state index in [1.807, 2.05) is 0 Å². The highest BCUT2D eigenvalue weighted by Crippen LogP contribution is 2.01. The van der Waals surface area contributed by atoms with Crippen LogP contribution in [0.15, 0.2) is 0 Å². The molecule has 4 heteroatoms. The van der Waals surface area contributed by atoms with Gasteiger partial charge in [-0.25, -0.2) is 4.79 Å². The molecule has 0 aromatic heterocycles. The third kappa shape index (κ3) is 2.43. The zero-order chi connectivity index (χ0) is 7.65. The van der Waals surface area contributed by atoms with Gasteiger partial charge in [0.05, 0.1) is 14.1 Å². The molecule has 9 heavy (non-hydrogen) atoms. The highest BCUT2D eigenvalue weighted by molar-refractivity contribution is 5.71. The fraction of sp³-hybridized carbons (Fsp3) is 0.800. The number of rotatable bonds is 2. The molecule has 0 aromatic rings. The standard InChI is InChI=1S/C5H11NO3/c1-4(5(7)8)6(2,3)9/h4H,1-3H3,(H,7,8). The lowest BCUT2D eigenvalue weighted by atomic mass is 10.3. The predicted molar refractivity (Wildman–Crippen MR) is 32.6 cm³/mol. The van der Waals surface area contributed by atoms with Crippen molar-refractivity contribution < 1.29 is 14.5 Å². The number of quaternary nitrogens is 1. The number of carboxylic acids is 1. The molecule has 0 saturated carbocycles. The number of carbonyl (C=O) groups is 1. The van der Waals surface area contributed by atoms with E-state index in [4.69, 9.17) is 5.11 Å². The Labute approximate surface area is 53.9 Å². The molecule has 0 aliphatic heterocycles. The minimum Gasteiger partial charge on any atom is -0.633 e. The fourth-order valence-electron chi connectivity index (χ4n) is 0.266. The molecule has 1 N–H and O–H groups in total. The molecule has 0 aliphatic carbocycles. The Kier molecular flexibility index (Phi) is 2.17. The number of likely N-dealkylation sites (N-methyl/N-ethyl adjacent to an activating group) is 1. The third-order valence-corrected chi connectivity index (χ3v) is 1.29. The first-order valence-corrected chi connectivity index (χ1v) is 2.63. The van der Waals surface area contributed by atoms with E-state index < -0.39 is 16.7 Å². The van der Waals surface area contributed by atoms with Gasteiger partial charge in [-0.05, 0) is 6.92 Å². The smallest absolute Gasteiger partial charge is 0.362 e. The van der Waals surface area contributed by atoms with Crippen LogP contribution >= 0.6 is 0 Å². The molecule has 0 aromatic carbocycles. The van der Waals surface area contributed by atoms with Gasteiger partial charge in [0.25, 0.3) is 0 Å². The summed E-state index contributed by atoms with van der Waals surface area (Å²) in [7, 11) is 2.61. The maximum Gasteiger partial charge on any atom is 0.362 e. The first-order valence-electron chi connectivity index (χ1n) is 2.63. The van der Waals surface area contributed by atoms with Crippen LogP contribution in [0.3, 0.4) is 0 Å². The van der Waals surface area contributed by atoms with Crippen molar-refractivity contribution in [2.75, 3.05) is 14.1 Å². The summed E-state index contributed by atoms with van der Waals surface area (Å²) in [5.41, 5.74) is 0. The average molecular weight is 133 g/mol. The minimum atomic E-state index is -1.06. The van der Waals surface area contributed by atoms with Crippen molar-refractivity contribution >= 4 is 5.97 Å². The van der Waals surface area contributed by atoms with Crippen LogP contribution in [-0.2, 0) is 4.79 Å². The predicted octanol–water partition coefficient (Wildman–Crippen LogP) is 0.0337. The molecule has 0 spiro atoms. The molecule has 4 nitrogen and oxygen atoms in total. The van der Waals surface area contributed by atoms with E-state index >= 15 is 0 Å². The summed E-state index contributed by atoms with van der Waals surface area (Å²) in [6, 6.07) is -0.884. The summed E-state index contributed by atoms with van der Waals surface area (Å²) < 4.78 is -0.782. The van der Waals surface area contributed by atoms with Gasteiger partial charge in [-0.15, -0.1) is 0 Å². The molecule has 0 aliphatic rings. The second kappa shape index (κ2) is 2.33. The molecule has 0 bridgehead atoms. The van der Waals surface area contributed by atoms with Crippen molar-refractivity contribution in [3.8, 4) is 0 Å². The highest BCUT2D eigenvalue weighted by atomic mass is 16.5. The van der Waals surface area contributed by atoms with Crippen molar-refractivity contribution in [3.63, 3.8) is 0 Å². The van der Waals surface area contributed by atoms with Crippen LogP contribution in [0.25, 0.3) is 0 Å². The van der Waals surface area contributed by atoms with Crippen LogP contribution in [-0.4, -0.2) is 35.9 Å². The SMILES string of the molecule is CC(C(=O)O)[N+](C)(C)[O-]. The summed E-state index contributed by atoms with van der Waals surface area (Å²) in [4.78, 5) is 10.1. The van der Waals surface area contributed by atoms with E-state index in [1.165, 1.54) is 21.0 Å². The lowest BCUT2D eigenvalue weighted by molar-refractivity contribution is -0.855. The number of hydrogen-bond donors (Lipinski definition) is 1. The van der Waals surface area contributed by atoms with Gasteiger partial charge < -0.3 is 15.0 Å². The lowest BCUT2D eigenvalue weighted by Crippen LogP contribution is -2.46. The van der Waals surface area contributed by atoms with Crippen molar-refractivity contribution in [2.45, 2.75) is 13.0 Å². The average Bonchev–Trinajstić information content (AvgIpc) is 1.62. The van der Waals surface area contributed by atoms with Gasteiger partial charge >= 0.3 is 5.97 Å². The minimum absolute atomic E-state index is 0.782. The Morgan fingerprint density at radius 1 is 1.67 bits per heavy atom. The van der Waals surface area contributed by atoms with Gasteiger partial charge in [0, 0.05) is 0 Å². The van der Waals surface area contributed by atoms with Crippen molar-refractivity contribution in [3.05, 3.63) is 5.21 Å². The van der Waals surface area contributed by atoms with E-state index in [9.17, 15) is 10.0 Å². The highest BCUT2D eigenvalue weighted by Gasteiger charge is 2.21. The zero-order valence-corrected chi connectivity index (χ0v) is 5.79. The van der Waals surface area contributed by atoms with Gasteiger partial charge in [0.15, 0.2) is 6.04 Å². The molecule has 1 atom stereocenters. The molecule has 0 rings (SSSR count). The van der Waals surface area contributed by atoms with E-state index in [-0.39, 0.29) is 0 Å². The molecule has 0 amide bonds. The molecule has 0 heterocycles. The Hall–Kier alpha value is -0.610. The summed E-state index contributed by atoms with van der Waals surface area (Å²) in [5, 5.41) is 19.1. The third-order valence-electron chi connectivity index (χ3n) is 1.29. The lowest BCUT2D eigenvalue weighted by Gasteiger charge is -2.37. The maximum atomic E-state index is 10.8. The van der Waals surface area contributed by atoms with Crippen LogP contribution in [0.4, 0.5) is 0 Å². The fourth-order valence-corrected chi connectivity index (χ4v) is 0.266. The quantitative estimate of drug-likeness (QED) is 0.427. The van der Waals surface area contributed by atoms with Gasteiger partial charge in [-0.3, -0.25) is 0 Å². The van der Waals surface area contributed by atoms with E-state index in [0.29, 0.717) is 0 Å². The van der Waals surface area contributed by atoms with Crippen LogP contribution in [0.2, 0.25) is 0 Å². The Bertz CT molecular complexity index is 116. The Morgan fingerprint density at radius 2 is 2.00 bits per heavy atom. The van der Waals surface area contributed by atoms with Crippen LogP contribution < -0.4 is 0 Å². The van der Waals surface area contributed by atoms with Gasteiger partial charge in [-0.1, -0.05) is 0 Å². The second-order valence-corrected chi connectivity index (χ2v) is 2.45. The molecule has 54 valence electrons. The molecule has 1 unspecified atom stereocenters. The van der Waals surface area contributed by atoms with Crippen LogP contribution in [0, 0.1) is 5.21 Å². The largest absolute Gasteiger partial charge is 0.633 e. The maximum absolute atomic E-state index is 10.8. The number of hydroxylamine groups is 3. The number of carboxylic acid groups (broad SMARTS) is 1. The monoisotopic (exact) mass is 133 g/mol. The van der Waals surface area contributed by atoms with Gasteiger partial charge in [0.1, 0.15) is 0 Å². The first kappa shape index (κ1) is 8.39. The van der Waals surface area contributed by atoms with Gasteiger partial charge in [-0.2, -0.15) is 0 Å². The van der Waals surface area contributed by atoms with E-state index in [0.717, 1.165) is 0 Å². The number of aliphatic carboxylic acids is 1. The molecule has 0 saturated heterocycles. The first-order chi connectivity index (χ1) is 3.85. The second-order valence-electron chi connectivity index (χ2n) is 2.45. The van der Waals surface area contributed by atoms with Gasteiger partial charge in [0.2, 0.25) is 0 Å². The summed E-state index contributed by atoms with van der Waals surface area (Å²) in [5.74, 6) is -1.06. The number of nitrogens with zero attached hydrogens (tertiary/aromatic N) is 1. The molecule has 0 radical (unpaired) electrons. The Balaban J connectivity index is 4.04. The van der Waals surface area contributed by atoms with Crippen molar-refractivity contribution in [1.29, 1.82) is 0 Å². The van der Waals surface area contributed by atoms with Crippen molar-refractivity contribution in [2.24, 2.45) is 0 Å². The zero-order valence-electron chi connectivity index (χ0n) is 5.79. The summed E-state index contributed by atoms with van der Waals surface area (Å²) in [6.07, 6.45) is 0. The van der Waals surface area contributed by atoms with Crippen LogP contribution in [0.1, 0.15) is 6.92 Å².